The highest BCUT2D eigenvalue weighted by Gasteiger charge is 2.32. The van der Waals surface area contributed by atoms with Gasteiger partial charge in [-0.3, -0.25) is 9.69 Å². The van der Waals surface area contributed by atoms with Crippen LogP contribution in [0.15, 0.2) is 27.4 Å². The van der Waals surface area contributed by atoms with Crippen LogP contribution < -0.4 is 15.3 Å². The predicted molar refractivity (Wildman–Crippen MR) is 176 cm³/mol. The van der Waals surface area contributed by atoms with Crippen molar-refractivity contribution >= 4 is 28.5 Å². The number of nitrogens with zero attached hydrogens (tertiary/aromatic N) is 3. The number of hydrogen-bond donors (Lipinski definition) is 0. The van der Waals surface area contributed by atoms with Crippen LogP contribution in [-0.4, -0.2) is 87.4 Å². The van der Waals surface area contributed by atoms with Crippen LogP contribution >= 0.6 is 0 Å². The molecule has 0 radical (unpaired) electrons. The minimum absolute atomic E-state index is 0.0206. The van der Waals surface area contributed by atoms with Gasteiger partial charge in [0.1, 0.15) is 16.9 Å². The topological polar surface area (TPSA) is 102 Å². The zero-order valence-electron chi connectivity index (χ0n) is 27.9. The predicted octanol–water partition coefficient (Wildman–Crippen LogP) is 4.79. The van der Waals surface area contributed by atoms with Gasteiger partial charge < -0.3 is 28.4 Å². The molecule has 2 fully saturated rings. The van der Waals surface area contributed by atoms with E-state index >= 15 is 0 Å². The molecule has 3 aromatic rings. The molecule has 246 valence electrons. The number of piperazine rings is 1. The first-order valence-electron chi connectivity index (χ1n) is 16.4. The van der Waals surface area contributed by atoms with E-state index in [0.717, 1.165) is 66.7 Å². The van der Waals surface area contributed by atoms with Crippen molar-refractivity contribution in [1.29, 1.82) is 0 Å². The molecule has 46 heavy (non-hydrogen) atoms. The van der Waals surface area contributed by atoms with Gasteiger partial charge in [-0.25, -0.2) is 9.59 Å². The maximum Gasteiger partial charge on any atom is 0.341 e. The van der Waals surface area contributed by atoms with Crippen LogP contribution in [0.25, 0.3) is 11.0 Å². The van der Waals surface area contributed by atoms with Crippen molar-refractivity contribution in [3.05, 3.63) is 67.6 Å². The number of aryl methyl sites for hydroxylation is 2. The number of anilines is 1. The third-order valence-corrected chi connectivity index (χ3v) is 10.0. The number of hydrogen-bond acceptors (Lipinski definition) is 9. The number of methoxy groups -OCH3 is 1. The summed E-state index contributed by atoms with van der Waals surface area (Å²) in [5.41, 5.74) is 6.18. The first-order chi connectivity index (χ1) is 22.1. The second-order valence-corrected chi connectivity index (χ2v) is 12.9. The van der Waals surface area contributed by atoms with Crippen molar-refractivity contribution in [1.82, 2.24) is 9.80 Å². The quantitative estimate of drug-likeness (QED) is 0.257. The highest BCUT2D eigenvalue weighted by Crippen LogP contribution is 2.37. The van der Waals surface area contributed by atoms with Crippen molar-refractivity contribution in [3.8, 4) is 5.75 Å². The largest absolute Gasteiger partial charge is 0.489 e. The molecule has 2 aromatic carbocycles. The molecule has 0 N–H and O–H groups in total. The van der Waals surface area contributed by atoms with Crippen LogP contribution in [0.2, 0.25) is 0 Å². The number of rotatable bonds is 8. The molecule has 1 saturated heterocycles. The highest BCUT2D eigenvalue weighted by atomic mass is 16.5. The van der Waals surface area contributed by atoms with Gasteiger partial charge in [0.15, 0.2) is 0 Å². The summed E-state index contributed by atoms with van der Waals surface area (Å²) in [5.74, 6) is -0.264. The molecule has 0 unspecified atom stereocenters. The normalized spacial score (nSPS) is 18.8. The molecule has 1 atom stereocenters. The van der Waals surface area contributed by atoms with Crippen molar-refractivity contribution in [3.63, 3.8) is 0 Å². The van der Waals surface area contributed by atoms with Crippen LogP contribution in [-0.2, 0) is 22.4 Å². The number of esters is 1. The molecule has 3 heterocycles. The van der Waals surface area contributed by atoms with Crippen molar-refractivity contribution in [2.75, 3.05) is 58.5 Å². The summed E-state index contributed by atoms with van der Waals surface area (Å²) in [6.45, 7) is 11.8. The zero-order chi connectivity index (χ0) is 32.7. The Kier molecular flexibility index (Phi) is 9.12. The average Bonchev–Trinajstić information content (AvgIpc) is 3.02. The minimum atomic E-state index is -0.466. The van der Waals surface area contributed by atoms with Crippen LogP contribution in [0, 0.1) is 20.8 Å². The summed E-state index contributed by atoms with van der Waals surface area (Å²) in [4.78, 5) is 46.7. The number of amides is 1. The molecule has 0 spiro atoms. The lowest BCUT2D eigenvalue weighted by atomic mass is 9.92. The molecule has 0 bridgehead atoms. The van der Waals surface area contributed by atoms with E-state index in [1.54, 1.807) is 31.1 Å². The molecule has 3 aliphatic rings. The van der Waals surface area contributed by atoms with Gasteiger partial charge in [0, 0.05) is 61.1 Å². The molecule has 1 amide bonds. The van der Waals surface area contributed by atoms with Gasteiger partial charge in [0.25, 0.3) is 5.91 Å². The summed E-state index contributed by atoms with van der Waals surface area (Å²) in [6, 6.07) is 5.77. The first-order valence-corrected chi connectivity index (χ1v) is 16.4. The van der Waals surface area contributed by atoms with Crippen molar-refractivity contribution in [2.45, 2.75) is 72.1 Å². The second-order valence-electron chi connectivity index (χ2n) is 12.9. The van der Waals surface area contributed by atoms with E-state index in [1.165, 1.54) is 0 Å². The fourth-order valence-electron chi connectivity index (χ4n) is 7.06. The van der Waals surface area contributed by atoms with Crippen LogP contribution in [0.1, 0.15) is 74.7 Å². The van der Waals surface area contributed by atoms with E-state index in [-0.39, 0.29) is 31.2 Å². The van der Waals surface area contributed by atoms with E-state index < -0.39 is 11.6 Å². The van der Waals surface area contributed by atoms with Gasteiger partial charge in [-0.2, -0.15) is 0 Å². The number of fused-ring (bicyclic) bond motifs is 3. The summed E-state index contributed by atoms with van der Waals surface area (Å²) in [5, 5.41) is 0.969. The van der Waals surface area contributed by atoms with Crippen molar-refractivity contribution < 1.29 is 28.2 Å². The molecular weight excluding hydrogens is 586 g/mol. The monoisotopic (exact) mass is 631 g/mol. The van der Waals surface area contributed by atoms with Gasteiger partial charge in [-0.15, -0.1) is 0 Å². The first kappa shape index (κ1) is 32.1. The Labute approximate surface area is 270 Å². The SMILES string of the molecule is CCOC(=O)c1ccc(C(=O)N2CCc3c(c(=O)oc4c(C)c(N5CCN(C)[C@@H](COC)C5)cc(C)c34)C2)c(C)c1OC1CCC1. The lowest BCUT2D eigenvalue weighted by molar-refractivity contribution is 0.0510. The van der Waals surface area contributed by atoms with Crippen LogP contribution in [0.4, 0.5) is 5.69 Å². The molecule has 1 aromatic heterocycles. The number of ether oxygens (including phenoxy) is 3. The third kappa shape index (κ3) is 5.77. The maximum atomic E-state index is 14.0. The Balaban J connectivity index is 1.31. The average molecular weight is 632 g/mol. The standard InChI is InChI=1S/C36H45N3O7/c1-7-44-35(41)28-12-11-26(22(3)32(28)45-25-9-8-10-25)34(40)39-14-13-27-29(19-39)36(42)46-33-23(4)30(17-21(2)31(27)33)38-16-15-37(5)24(18-38)20-43-6/h11-12,17,24-25H,7-10,13-16,18-20H2,1-6H3/t24-/m1/s1. The summed E-state index contributed by atoms with van der Waals surface area (Å²) in [7, 11) is 3.86. The van der Waals surface area contributed by atoms with Crippen LogP contribution in [0.3, 0.4) is 0 Å². The van der Waals surface area contributed by atoms with E-state index in [1.807, 2.05) is 13.8 Å². The van der Waals surface area contributed by atoms with Gasteiger partial charge in [-0.05, 0) is 89.8 Å². The van der Waals surface area contributed by atoms with Crippen molar-refractivity contribution in [2.24, 2.45) is 0 Å². The Bertz CT molecular complexity index is 1730. The molecule has 2 aliphatic heterocycles. The maximum absolute atomic E-state index is 14.0. The number of likely N-dealkylation sites (N-methyl/N-ethyl adjacent to an activating group) is 1. The lowest BCUT2D eigenvalue weighted by Crippen LogP contribution is -2.53. The number of benzene rings is 2. The van der Waals surface area contributed by atoms with E-state index in [9.17, 15) is 14.4 Å². The smallest absolute Gasteiger partial charge is 0.341 e. The summed E-state index contributed by atoms with van der Waals surface area (Å²) < 4.78 is 23.0. The minimum Gasteiger partial charge on any atom is -0.489 e. The van der Waals surface area contributed by atoms with E-state index in [2.05, 4.69) is 29.8 Å². The zero-order valence-corrected chi connectivity index (χ0v) is 27.9. The molecule has 6 rings (SSSR count). The third-order valence-electron chi connectivity index (χ3n) is 10.0. The number of carbonyl (C=O) groups excluding carboxylic acids is 2. The second kappa shape index (κ2) is 13.1. The van der Waals surface area contributed by atoms with Gasteiger partial charge in [0.05, 0.1) is 37.5 Å². The fourth-order valence-corrected chi connectivity index (χ4v) is 7.06. The fraction of sp³-hybridized carbons (Fsp3) is 0.528. The van der Waals surface area contributed by atoms with Gasteiger partial charge >= 0.3 is 11.6 Å². The summed E-state index contributed by atoms with van der Waals surface area (Å²) >= 11 is 0. The van der Waals surface area contributed by atoms with Gasteiger partial charge in [0.2, 0.25) is 0 Å². The molecule has 1 saturated carbocycles. The lowest BCUT2D eigenvalue weighted by Gasteiger charge is -2.41. The molecular formula is C36H45N3O7. The van der Waals surface area contributed by atoms with Gasteiger partial charge in [-0.1, -0.05) is 0 Å². The highest BCUT2D eigenvalue weighted by molar-refractivity contribution is 6.00. The Morgan fingerprint density at radius 1 is 1.02 bits per heavy atom. The number of carbonyl (C=O) groups is 2. The molecule has 1 aliphatic carbocycles. The van der Waals surface area contributed by atoms with E-state index in [4.69, 9.17) is 18.6 Å². The van der Waals surface area contributed by atoms with Crippen LogP contribution in [0.5, 0.6) is 5.75 Å². The Hall–Kier alpha value is -3.89. The Morgan fingerprint density at radius 2 is 1.78 bits per heavy atom. The molecule has 10 nitrogen and oxygen atoms in total. The summed E-state index contributed by atoms with van der Waals surface area (Å²) in [6.07, 6.45) is 3.46. The van der Waals surface area contributed by atoms with E-state index in [0.29, 0.717) is 53.2 Å². The molecule has 10 heteroatoms. The Morgan fingerprint density at radius 3 is 2.48 bits per heavy atom.